The predicted octanol–water partition coefficient (Wildman–Crippen LogP) is 3.34. The number of para-hydroxylation sites is 3. The van der Waals surface area contributed by atoms with Crippen molar-refractivity contribution in [2.24, 2.45) is 11.8 Å². The van der Waals surface area contributed by atoms with E-state index in [4.69, 9.17) is 4.74 Å². The fourth-order valence-corrected chi connectivity index (χ4v) is 6.69. The number of carbonyl (C=O) groups is 3. The fraction of sp³-hybridized carbons (Fsp3) is 0.233. The molecule has 1 spiro atoms. The van der Waals surface area contributed by atoms with Crippen molar-refractivity contribution in [1.82, 2.24) is 15.2 Å². The normalized spacial score (nSPS) is 25.8. The maximum Gasteiger partial charge on any atom is 0.250 e. The molecule has 0 unspecified atom stereocenters. The van der Waals surface area contributed by atoms with Crippen LogP contribution in [0.25, 0.3) is 10.9 Å². The van der Waals surface area contributed by atoms with Gasteiger partial charge in [0.1, 0.15) is 11.3 Å². The first-order chi connectivity index (χ1) is 18.5. The highest BCUT2D eigenvalue weighted by Crippen LogP contribution is 2.53. The number of hydrogen-bond donors (Lipinski definition) is 3. The number of amides is 3. The van der Waals surface area contributed by atoms with Gasteiger partial charge in [0.2, 0.25) is 17.7 Å². The van der Waals surface area contributed by atoms with Crippen LogP contribution in [0.2, 0.25) is 0 Å². The van der Waals surface area contributed by atoms with E-state index < -0.39 is 23.4 Å². The van der Waals surface area contributed by atoms with Gasteiger partial charge in [-0.3, -0.25) is 24.6 Å². The maximum atomic E-state index is 14.1. The number of benzene rings is 3. The van der Waals surface area contributed by atoms with Gasteiger partial charge in [0, 0.05) is 40.0 Å². The van der Waals surface area contributed by atoms with Gasteiger partial charge in [-0.2, -0.15) is 0 Å². The first kappa shape index (κ1) is 22.7. The molecule has 8 nitrogen and oxygen atoms in total. The zero-order valence-corrected chi connectivity index (χ0v) is 20.7. The molecule has 4 atom stereocenters. The molecule has 0 bridgehead atoms. The average Bonchev–Trinajstić information content (AvgIpc) is 3.65. The van der Waals surface area contributed by atoms with Gasteiger partial charge in [0.15, 0.2) is 0 Å². The van der Waals surface area contributed by atoms with Gasteiger partial charge in [-0.1, -0.05) is 54.6 Å². The molecule has 0 saturated carbocycles. The summed E-state index contributed by atoms with van der Waals surface area (Å²) >= 11 is 0. The molecule has 1 aromatic heterocycles. The van der Waals surface area contributed by atoms with Crippen LogP contribution < -0.4 is 15.4 Å². The molecule has 4 heterocycles. The van der Waals surface area contributed by atoms with Crippen molar-refractivity contribution < 1.29 is 19.1 Å². The third-order valence-corrected chi connectivity index (χ3v) is 8.35. The average molecular weight is 507 g/mol. The Morgan fingerprint density at radius 3 is 2.53 bits per heavy atom. The number of nitrogens with zero attached hydrogens (tertiary/aromatic N) is 1. The van der Waals surface area contributed by atoms with Crippen molar-refractivity contribution in [3.63, 3.8) is 0 Å². The van der Waals surface area contributed by atoms with Crippen LogP contribution in [0.1, 0.15) is 16.7 Å². The van der Waals surface area contributed by atoms with Crippen LogP contribution >= 0.6 is 0 Å². The summed E-state index contributed by atoms with van der Waals surface area (Å²) in [6, 6.07) is 22.3. The van der Waals surface area contributed by atoms with Crippen LogP contribution in [-0.2, 0) is 32.9 Å². The van der Waals surface area contributed by atoms with Crippen molar-refractivity contribution in [1.29, 1.82) is 0 Å². The molecule has 3 aliphatic rings. The minimum Gasteiger partial charge on any atom is -0.496 e. The number of anilines is 1. The van der Waals surface area contributed by atoms with E-state index in [1.807, 2.05) is 79.0 Å². The van der Waals surface area contributed by atoms with Crippen molar-refractivity contribution in [3.8, 4) is 5.75 Å². The Hall–Kier alpha value is -4.43. The van der Waals surface area contributed by atoms with Gasteiger partial charge >= 0.3 is 0 Å². The first-order valence-electron chi connectivity index (χ1n) is 12.7. The molecule has 3 aromatic carbocycles. The number of nitrogens with one attached hydrogen (secondary N) is 3. The fourth-order valence-electron chi connectivity index (χ4n) is 6.69. The van der Waals surface area contributed by atoms with Gasteiger partial charge in [-0.25, -0.2) is 0 Å². The van der Waals surface area contributed by atoms with E-state index in [2.05, 4.69) is 15.6 Å². The molecule has 190 valence electrons. The summed E-state index contributed by atoms with van der Waals surface area (Å²) < 4.78 is 5.48. The van der Waals surface area contributed by atoms with E-state index >= 15 is 0 Å². The van der Waals surface area contributed by atoms with E-state index in [-0.39, 0.29) is 24.3 Å². The summed E-state index contributed by atoms with van der Waals surface area (Å²) in [5.74, 6) is -1.84. The number of aromatic nitrogens is 1. The van der Waals surface area contributed by atoms with E-state index in [0.29, 0.717) is 23.4 Å². The van der Waals surface area contributed by atoms with Crippen molar-refractivity contribution in [3.05, 3.63) is 95.7 Å². The largest absolute Gasteiger partial charge is 0.496 e. The highest BCUT2D eigenvalue weighted by Gasteiger charge is 2.70. The summed E-state index contributed by atoms with van der Waals surface area (Å²) in [5, 5.41) is 7.55. The zero-order chi connectivity index (χ0) is 26.0. The first-order valence-corrected chi connectivity index (χ1v) is 12.7. The summed E-state index contributed by atoms with van der Waals surface area (Å²) in [6.45, 7) is 0.0911. The highest BCUT2D eigenvalue weighted by molar-refractivity contribution is 6.15. The Balaban J connectivity index is 1.33. The minimum atomic E-state index is -1.32. The number of methoxy groups -OCH3 is 1. The molecule has 38 heavy (non-hydrogen) atoms. The number of fused-ring (bicyclic) bond motifs is 5. The number of carbonyl (C=O) groups excluding carboxylic acids is 3. The van der Waals surface area contributed by atoms with E-state index in [1.54, 1.807) is 7.11 Å². The van der Waals surface area contributed by atoms with Gasteiger partial charge in [-0.15, -0.1) is 0 Å². The number of hydrogen-bond acceptors (Lipinski definition) is 5. The molecule has 0 radical (unpaired) electrons. The zero-order valence-electron chi connectivity index (χ0n) is 20.7. The smallest absolute Gasteiger partial charge is 0.250 e. The quantitative estimate of drug-likeness (QED) is 0.360. The Bertz CT molecular complexity index is 1630. The molecule has 2 fully saturated rings. The second kappa shape index (κ2) is 8.29. The third-order valence-electron chi connectivity index (χ3n) is 8.35. The molecule has 4 aromatic rings. The molecule has 3 N–H and O–H groups in total. The van der Waals surface area contributed by atoms with Crippen molar-refractivity contribution in [2.45, 2.75) is 24.5 Å². The Labute approximate surface area is 219 Å². The number of ether oxygens (including phenoxy) is 1. The van der Waals surface area contributed by atoms with Crippen LogP contribution in [0, 0.1) is 11.8 Å². The number of H-pyrrole nitrogens is 1. The lowest BCUT2D eigenvalue weighted by molar-refractivity contribution is -0.143. The molecule has 7 rings (SSSR count). The molecular weight excluding hydrogens is 480 g/mol. The molecule has 3 aliphatic heterocycles. The summed E-state index contributed by atoms with van der Waals surface area (Å²) in [4.78, 5) is 46.5. The third kappa shape index (κ3) is 3.04. The number of likely N-dealkylation sites (tertiary alicyclic amines) is 1. The molecule has 3 amide bonds. The molecule has 2 saturated heterocycles. The summed E-state index contributed by atoms with van der Waals surface area (Å²) in [6.07, 6.45) is 2.44. The summed E-state index contributed by atoms with van der Waals surface area (Å²) in [7, 11) is 1.57. The maximum absolute atomic E-state index is 14.1. The van der Waals surface area contributed by atoms with Gasteiger partial charge in [0.05, 0.1) is 25.5 Å². The standard InChI is InChI=1S/C30H26N4O4/c1-38-24-13-7-2-8-17(24)16-34-27(35)25-23(14-18-15-31-21-11-5-3-9-19(18)21)33-30(26(25)28(34)36)20-10-4-6-12-22(20)32-29(30)37/h2-13,15,23,25-26,31,33H,14,16H2,1H3,(H,32,37)/t23-,25-,26-,30-/m0/s1. The Kier molecular flexibility index (Phi) is 4.96. The number of imide groups is 1. The van der Waals surface area contributed by atoms with Gasteiger partial charge in [-0.05, 0) is 30.2 Å². The lowest BCUT2D eigenvalue weighted by Crippen LogP contribution is -2.53. The van der Waals surface area contributed by atoms with E-state index in [1.165, 1.54) is 4.90 Å². The Morgan fingerprint density at radius 2 is 1.66 bits per heavy atom. The van der Waals surface area contributed by atoms with Crippen LogP contribution in [0.3, 0.4) is 0 Å². The van der Waals surface area contributed by atoms with Gasteiger partial charge < -0.3 is 15.0 Å². The van der Waals surface area contributed by atoms with Crippen LogP contribution in [0.4, 0.5) is 5.69 Å². The van der Waals surface area contributed by atoms with Crippen molar-refractivity contribution in [2.75, 3.05) is 12.4 Å². The number of rotatable bonds is 5. The van der Waals surface area contributed by atoms with Gasteiger partial charge in [0.25, 0.3) is 0 Å². The molecular formula is C30H26N4O4. The second-order valence-corrected chi connectivity index (χ2v) is 10.2. The molecule has 8 heteroatoms. The van der Waals surface area contributed by atoms with E-state index in [0.717, 1.165) is 22.0 Å². The minimum absolute atomic E-state index is 0.0911. The van der Waals surface area contributed by atoms with Crippen molar-refractivity contribution >= 4 is 34.3 Å². The lowest BCUT2D eigenvalue weighted by atomic mass is 9.76. The van der Waals surface area contributed by atoms with Crippen LogP contribution in [-0.4, -0.2) is 40.8 Å². The summed E-state index contributed by atoms with van der Waals surface area (Å²) in [5.41, 5.74) is 2.83. The monoisotopic (exact) mass is 506 g/mol. The number of aromatic amines is 1. The SMILES string of the molecule is COc1ccccc1CN1C(=O)[C@H]2[C@H](Cc3c[nH]c4ccccc34)N[C@]3(C(=O)Nc4ccccc43)[C@@H]2C1=O. The van der Waals surface area contributed by atoms with Crippen LogP contribution in [0.15, 0.2) is 79.0 Å². The van der Waals surface area contributed by atoms with Crippen LogP contribution in [0.5, 0.6) is 5.75 Å². The molecule has 0 aliphatic carbocycles. The Morgan fingerprint density at radius 1 is 0.895 bits per heavy atom. The lowest BCUT2D eigenvalue weighted by Gasteiger charge is -2.29. The highest BCUT2D eigenvalue weighted by atomic mass is 16.5. The van der Waals surface area contributed by atoms with E-state index in [9.17, 15) is 14.4 Å². The second-order valence-electron chi connectivity index (χ2n) is 10.2. The topological polar surface area (TPSA) is 104 Å². The predicted molar refractivity (Wildman–Crippen MR) is 141 cm³/mol.